The van der Waals surface area contributed by atoms with Crippen molar-refractivity contribution in [3.05, 3.63) is 24.0 Å². The summed E-state index contributed by atoms with van der Waals surface area (Å²) in [6.45, 7) is 7.89. The number of piperazine rings is 1. The Hall–Kier alpha value is -2.84. The molecule has 0 radical (unpaired) electrons. The van der Waals surface area contributed by atoms with Gasteiger partial charge in [-0.2, -0.15) is 5.10 Å². The molecular formula is C16H22N6O3. The number of carbonyl (C=O) groups is 2. The summed E-state index contributed by atoms with van der Waals surface area (Å²) in [5, 5.41) is 4.06. The zero-order valence-corrected chi connectivity index (χ0v) is 14.6. The van der Waals surface area contributed by atoms with Crippen molar-refractivity contribution in [2.24, 2.45) is 5.73 Å². The number of carbonyl (C=O) groups excluding carboxylic acids is 2. The number of nitrogens with two attached hydrogens (primary N) is 1. The van der Waals surface area contributed by atoms with E-state index in [4.69, 9.17) is 10.5 Å². The van der Waals surface area contributed by atoms with Gasteiger partial charge in [0.05, 0.1) is 6.20 Å². The molecule has 0 atom stereocenters. The third-order valence-corrected chi connectivity index (χ3v) is 3.88. The summed E-state index contributed by atoms with van der Waals surface area (Å²) in [4.78, 5) is 31.8. The van der Waals surface area contributed by atoms with Gasteiger partial charge >= 0.3 is 6.09 Å². The van der Waals surface area contributed by atoms with Crippen LogP contribution in [0.1, 0.15) is 31.1 Å². The summed E-state index contributed by atoms with van der Waals surface area (Å²) in [5.41, 5.74) is 5.56. The van der Waals surface area contributed by atoms with Crippen LogP contribution in [0.5, 0.6) is 0 Å². The normalized spacial score (nSPS) is 15.5. The van der Waals surface area contributed by atoms with E-state index in [1.807, 2.05) is 26.8 Å². The van der Waals surface area contributed by atoms with E-state index in [2.05, 4.69) is 15.0 Å². The van der Waals surface area contributed by atoms with E-state index in [9.17, 15) is 9.59 Å². The highest BCUT2D eigenvalue weighted by atomic mass is 16.6. The van der Waals surface area contributed by atoms with Gasteiger partial charge in [0.2, 0.25) is 0 Å². The van der Waals surface area contributed by atoms with E-state index < -0.39 is 11.5 Å². The van der Waals surface area contributed by atoms with Crippen molar-refractivity contribution in [1.29, 1.82) is 0 Å². The average Bonchev–Trinajstić information content (AvgIpc) is 2.96. The van der Waals surface area contributed by atoms with Crippen molar-refractivity contribution < 1.29 is 14.3 Å². The lowest BCUT2D eigenvalue weighted by Gasteiger charge is -2.36. The highest BCUT2D eigenvalue weighted by molar-refractivity contribution is 5.98. The van der Waals surface area contributed by atoms with E-state index in [1.165, 1.54) is 10.7 Å². The second-order valence-electron chi connectivity index (χ2n) is 6.93. The molecule has 25 heavy (non-hydrogen) atoms. The molecule has 3 heterocycles. The first-order chi connectivity index (χ1) is 11.7. The first-order valence-electron chi connectivity index (χ1n) is 8.12. The molecule has 9 heteroatoms. The fourth-order valence-corrected chi connectivity index (χ4v) is 2.65. The molecule has 9 nitrogen and oxygen atoms in total. The van der Waals surface area contributed by atoms with Crippen molar-refractivity contribution in [2.45, 2.75) is 26.4 Å². The predicted octanol–water partition coefficient (Wildman–Crippen LogP) is 0.885. The molecule has 2 aromatic rings. The number of primary amides is 1. The van der Waals surface area contributed by atoms with Gasteiger partial charge in [-0.15, -0.1) is 0 Å². The molecule has 3 rings (SSSR count). The van der Waals surface area contributed by atoms with Crippen molar-refractivity contribution in [3.63, 3.8) is 0 Å². The second-order valence-corrected chi connectivity index (χ2v) is 6.93. The molecule has 0 spiro atoms. The highest BCUT2D eigenvalue weighted by Crippen LogP contribution is 2.18. The topological polar surface area (TPSA) is 106 Å². The van der Waals surface area contributed by atoms with E-state index in [1.54, 1.807) is 11.1 Å². The molecule has 0 aliphatic carbocycles. The molecule has 134 valence electrons. The van der Waals surface area contributed by atoms with Crippen LogP contribution in [-0.2, 0) is 4.74 Å². The Labute approximate surface area is 145 Å². The summed E-state index contributed by atoms with van der Waals surface area (Å²) in [5.74, 6) is 0.161. The third kappa shape index (κ3) is 3.65. The molecule has 0 saturated carbocycles. The molecule has 2 amide bonds. The summed E-state index contributed by atoms with van der Waals surface area (Å²) in [6.07, 6.45) is 2.85. The Balaban J connectivity index is 1.71. The minimum atomic E-state index is -0.561. The molecule has 2 N–H and O–H groups in total. The molecule has 1 saturated heterocycles. The van der Waals surface area contributed by atoms with E-state index in [0.29, 0.717) is 31.8 Å². The number of hydrogen-bond acceptors (Lipinski definition) is 6. The highest BCUT2D eigenvalue weighted by Gasteiger charge is 2.26. The number of aromatic nitrogens is 3. The lowest BCUT2D eigenvalue weighted by Crippen LogP contribution is -2.50. The molecule has 0 unspecified atom stereocenters. The molecule has 0 aromatic carbocycles. The summed E-state index contributed by atoms with van der Waals surface area (Å²) in [6, 6.07) is 1.83. The van der Waals surface area contributed by atoms with Crippen LogP contribution in [-0.4, -0.2) is 63.3 Å². The van der Waals surface area contributed by atoms with Crippen LogP contribution in [0.2, 0.25) is 0 Å². The van der Waals surface area contributed by atoms with Gasteiger partial charge < -0.3 is 20.3 Å². The Kier molecular flexibility index (Phi) is 4.23. The van der Waals surface area contributed by atoms with Crippen molar-refractivity contribution in [2.75, 3.05) is 31.1 Å². The smallest absolute Gasteiger partial charge is 0.410 e. The number of rotatable bonds is 2. The Morgan fingerprint density at radius 1 is 1.20 bits per heavy atom. The van der Waals surface area contributed by atoms with E-state index >= 15 is 0 Å². The van der Waals surface area contributed by atoms with Gasteiger partial charge in [0, 0.05) is 32.4 Å². The van der Waals surface area contributed by atoms with E-state index in [0.717, 1.165) is 5.82 Å². The Bertz CT molecular complexity index is 802. The first kappa shape index (κ1) is 17.0. The van der Waals surface area contributed by atoms with Gasteiger partial charge in [-0.05, 0) is 26.8 Å². The van der Waals surface area contributed by atoms with Crippen molar-refractivity contribution in [3.8, 4) is 0 Å². The quantitative estimate of drug-likeness (QED) is 0.865. The molecular weight excluding hydrogens is 324 g/mol. The number of nitrogens with zero attached hydrogens (tertiary/aromatic N) is 5. The maximum absolute atomic E-state index is 12.1. The van der Waals surface area contributed by atoms with Gasteiger partial charge in [-0.3, -0.25) is 4.79 Å². The van der Waals surface area contributed by atoms with Gasteiger partial charge in [0.25, 0.3) is 5.91 Å². The van der Waals surface area contributed by atoms with E-state index in [-0.39, 0.29) is 11.7 Å². The van der Waals surface area contributed by atoms with Gasteiger partial charge in [-0.25, -0.2) is 14.3 Å². The van der Waals surface area contributed by atoms with Gasteiger partial charge in [0.15, 0.2) is 5.65 Å². The number of amides is 2. The fraction of sp³-hybridized carbons (Fsp3) is 0.500. The minimum Gasteiger partial charge on any atom is -0.444 e. The van der Waals surface area contributed by atoms with Gasteiger partial charge in [0.1, 0.15) is 17.0 Å². The number of hydrogen-bond donors (Lipinski definition) is 1. The fourth-order valence-electron chi connectivity index (χ4n) is 2.65. The SMILES string of the molecule is CC(C)(C)OC(=O)N1CCN(c2ccn3ncc(C(N)=O)c3n2)CC1. The predicted molar refractivity (Wildman–Crippen MR) is 91.5 cm³/mol. The van der Waals surface area contributed by atoms with Crippen molar-refractivity contribution in [1.82, 2.24) is 19.5 Å². The summed E-state index contributed by atoms with van der Waals surface area (Å²) >= 11 is 0. The first-order valence-corrected chi connectivity index (χ1v) is 8.12. The number of fused-ring (bicyclic) bond motifs is 1. The van der Waals surface area contributed by atoms with Gasteiger partial charge in [-0.1, -0.05) is 0 Å². The average molecular weight is 346 g/mol. The lowest BCUT2D eigenvalue weighted by molar-refractivity contribution is 0.0240. The summed E-state index contributed by atoms with van der Waals surface area (Å²) in [7, 11) is 0. The number of anilines is 1. The van der Waals surface area contributed by atoms with Crippen molar-refractivity contribution >= 4 is 23.5 Å². The van der Waals surface area contributed by atoms with Crippen LogP contribution < -0.4 is 10.6 Å². The zero-order valence-electron chi connectivity index (χ0n) is 14.6. The molecule has 1 aliphatic rings. The standard InChI is InChI=1S/C16H22N6O3/c1-16(2,3)25-15(24)21-8-6-20(7-9-21)12-4-5-22-14(19-12)11(10-18-22)13(17)23/h4-5,10H,6-9H2,1-3H3,(H2,17,23). The van der Waals surface area contributed by atoms with Crippen LogP contribution in [0, 0.1) is 0 Å². The molecule has 1 fully saturated rings. The summed E-state index contributed by atoms with van der Waals surface area (Å²) < 4.78 is 6.91. The Morgan fingerprint density at radius 2 is 1.88 bits per heavy atom. The minimum absolute atomic E-state index is 0.286. The number of ether oxygens (including phenoxy) is 1. The maximum atomic E-state index is 12.1. The van der Waals surface area contributed by atoms with Crippen LogP contribution in [0.25, 0.3) is 5.65 Å². The zero-order chi connectivity index (χ0) is 18.2. The maximum Gasteiger partial charge on any atom is 0.410 e. The third-order valence-electron chi connectivity index (χ3n) is 3.88. The van der Waals surface area contributed by atoms with Crippen LogP contribution in [0.3, 0.4) is 0 Å². The Morgan fingerprint density at radius 3 is 2.48 bits per heavy atom. The second kappa shape index (κ2) is 6.23. The molecule has 1 aliphatic heterocycles. The monoisotopic (exact) mass is 346 g/mol. The molecule has 0 bridgehead atoms. The van der Waals surface area contributed by atoms with Crippen LogP contribution >= 0.6 is 0 Å². The molecule has 2 aromatic heterocycles. The largest absolute Gasteiger partial charge is 0.444 e. The van der Waals surface area contributed by atoms with Crippen LogP contribution in [0.15, 0.2) is 18.5 Å². The van der Waals surface area contributed by atoms with Crippen LogP contribution in [0.4, 0.5) is 10.6 Å². The lowest BCUT2D eigenvalue weighted by atomic mass is 10.2.